The number of benzene rings is 3. The number of carboxylic acid groups (broad SMARTS) is 1. The van der Waals surface area contributed by atoms with Gasteiger partial charge in [-0.2, -0.15) is 11.8 Å². The van der Waals surface area contributed by atoms with E-state index in [1.807, 2.05) is 88.5 Å². The van der Waals surface area contributed by atoms with Gasteiger partial charge in [0.25, 0.3) is 5.91 Å². The molecule has 1 aliphatic heterocycles. The van der Waals surface area contributed by atoms with Crippen LogP contribution in [0.2, 0.25) is 0 Å². The van der Waals surface area contributed by atoms with E-state index in [0.717, 1.165) is 22.3 Å². The number of hydrogen-bond donors (Lipinski definition) is 2. The van der Waals surface area contributed by atoms with Crippen LogP contribution in [-0.2, 0) is 26.5 Å². The molecule has 0 bridgehead atoms. The molecule has 3 aromatic carbocycles. The third-order valence-electron chi connectivity index (χ3n) is 8.02. The Morgan fingerprint density at radius 3 is 2.26 bits per heavy atom. The van der Waals surface area contributed by atoms with Crippen LogP contribution in [0, 0.1) is 6.92 Å². The third kappa shape index (κ3) is 9.65. The second-order valence-corrected chi connectivity index (χ2v) is 13.4. The summed E-state index contributed by atoms with van der Waals surface area (Å²) in [5.74, 6) is -0.857. The van der Waals surface area contributed by atoms with Gasteiger partial charge in [0.2, 0.25) is 0 Å². The van der Waals surface area contributed by atoms with Gasteiger partial charge in [0, 0.05) is 18.7 Å². The number of nitrogens with one attached hydrogen (secondary N) is 1. The quantitative estimate of drug-likeness (QED) is 0.304. The zero-order valence-electron chi connectivity index (χ0n) is 28.8. The summed E-state index contributed by atoms with van der Waals surface area (Å²) in [5, 5.41) is 12.4. The molecule has 2 N–H and O–H groups in total. The van der Waals surface area contributed by atoms with Crippen LogP contribution in [0.25, 0.3) is 11.1 Å². The van der Waals surface area contributed by atoms with Gasteiger partial charge in [-0.05, 0) is 98.9 Å². The van der Waals surface area contributed by atoms with Crippen LogP contribution in [-0.4, -0.2) is 64.7 Å². The molecular formula is C36H45LiN2O6S. The van der Waals surface area contributed by atoms with Crippen molar-refractivity contribution in [3.05, 3.63) is 95.1 Å². The standard InChI is InChI=1S/C36H44N2O6S.Li.H/c1-25-11-9-10-14-28(25)30-23-26(15-16-29(30)32(39)37-31(33(40)41)17-22-45-5)24-43-36(27-12-7-6-8-13-27)18-20-38(21-19-36)34(42)44-35(2,3)4;;/h6-16,23,31H,17-22,24H2,1-5H3,(H,37,39)(H,40,41);;/q;+1;-1/t31-;;/m0../s1. The molecule has 3 aromatic rings. The summed E-state index contributed by atoms with van der Waals surface area (Å²) in [5.41, 5.74) is 3.77. The number of likely N-dealkylation sites (tertiary alicyclic amines) is 1. The molecule has 8 nitrogen and oxygen atoms in total. The molecule has 1 atom stereocenters. The van der Waals surface area contributed by atoms with Crippen LogP contribution in [0.3, 0.4) is 0 Å². The van der Waals surface area contributed by atoms with Gasteiger partial charge in [-0.3, -0.25) is 4.79 Å². The Labute approximate surface area is 290 Å². The third-order valence-corrected chi connectivity index (χ3v) is 8.66. The molecule has 1 aliphatic rings. The first kappa shape index (κ1) is 37.2. The molecule has 2 amide bonds. The molecule has 0 spiro atoms. The van der Waals surface area contributed by atoms with E-state index in [4.69, 9.17) is 9.47 Å². The van der Waals surface area contributed by atoms with Crippen LogP contribution in [0.1, 0.15) is 68.5 Å². The van der Waals surface area contributed by atoms with Crippen molar-refractivity contribution in [1.82, 2.24) is 10.2 Å². The fourth-order valence-electron chi connectivity index (χ4n) is 5.56. The fraction of sp³-hybridized carbons (Fsp3) is 0.417. The normalized spacial score (nSPS) is 14.9. The number of thioether (sulfide) groups is 1. The predicted molar refractivity (Wildman–Crippen MR) is 180 cm³/mol. The number of carboxylic acids is 1. The number of nitrogens with zero attached hydrogens (tertiary/aromatic N) is 1. The zero-order valence-corrected chi connectivity index (χ0v) is 28.6. The Bertz CT molecular complexity index is 1490. The van der Waals surface area contributed by atoms with E-state index >= 15 is 0 Å². The van der Waals surface area contributed by atoms with E-state index in [2.05, 4.69) is 17.4 Å². The molecule has 0 aliphatic carbocycles. The van der Waals surface area contributed by atoms with Crippen molar-refractivity contribution in [1.29, 1.82) is 0 Å². The number of hydrogen-bond acceptors (Lipinski definition) is 6. The second-order valence-electron chi connectivity index (χ2n) is 12.5. The summed E-state index contributed by atoms with van der Waals surface area (Å²) in [4.78, 5) is 39.9. The first-order valence-electron chi connectivity index (χ1n) is 15.3. The van der Waals surface area contributed by atoms with E-state index < -0.39 is 29.1 Å². The van der Waals surface area contributed by atoms with Crippen LogP contribution < -0.4 is 24.2 Å². The molecule has 46 heavy (non-hydrogen) atoms. The number of carbonyl (C=O) groups is 3. The Morgan fingerprint density at radius 1 is 1.00 bits per heavy atom. The molecule has 0 aromatic heterocycles. The smallest absolute Gasteiger partial charge is 1.00 e. The molecule has 0 saturated carbocycles. The summed E-state index contributed by atoms with van der Waals surface area (Å²) in [7, 11) is 0. The Hall–Kier alpha value is -3.22. The van der Waals surface area contributed by atoms with Gasteiger partial charge in [-0.1, -0.05) is 60.7 Å². The molecule has 0 radical (unpaired) electrons. The van der Waals surface area contributed by atoms with Gasteiger partial charge in [-0.25, -0.2) is 9.59 Å². The average molecular weight is 641 g/mol. The number of rotatable bonds is 11. The van der Waals surface area contributed by atoms with Crippen molar-refractivity contribution in [3.8, 4) is 11.1 Å². The average Bonchev–Trinajstić information content (AvgIpc) is 3.01. The summed E-state index contributed by atoms with van der Waals surface area (Å²) in [6.45, 7) is 8.86. The van der Waals surface area contributed by atoms with Crippen molar-refractivity contribution in [3.63, 3.8) is 0 Å². The van der Waals surface area contributed by atoms with E-state index in [1.165, 1.54) is 11.8 Å². The van der Waals surface area contributed by atoms with Crippen LogP contribution in [0.4, 0.5) is 4.79 Å². The molecule has 4 rings (SSSR count). The monoisotopic (exact) mass is 640 g/mol. The van der Waals surface area contributed by atoms with E-state index in [-0.39, 0.29) is 33.0 Å². The second kappa shape index (κ2) is 16.6. The van der Waals surface area contributed by atoms with Crippen LogP contribution >= 0.6 is 11.8 Å². The summed E-state index contributed by atoms with van der Waals surface area (Å²) < 4.78 is 12.4. The summed E-state index contributed by atoms with van der Waals surface area (Å²) in [6.07, 6.45) is 3.13. The predicted octanol–water partition coefficient (Wildman–Crippen LogP) is 4.16. The largest absolute Gasteiger partial charge is 1.00 e. The molecule has 1 fully saturated rings. The van der Waals surface area contributed by atoms with Gasteiger partial charge < -0.3 is 26.2 Å². The number of amides is 2. The Kier molecular flexibility index (Phi) is 13.4. The maximum Gasteiger partial charge on any atom is 1.00 e. The first-order chi connectivity index (χ1) is 21.4. The maximum absolute atomic E-state index is 13.5. The van der Waals surface area contributed by atoms with Gasteiger partial charge >= 0.3 is 30.9 Å². The Balaban J connectivity index is 0.00000384. The van der Waals surface area contributed by atoms with Crippen LogP contribution in [0.15, 0.2) is 72.8 Å². The molecule has 1 saturated heterocycles. The van der Waals surface area contributed by atoms with Crippen molar-refractivity contribution >= 4 is 29.7 Å². The van der Waals surface area contributed by atoms with Gasteiger partial charge in [0.1, 0.15) is 11.6 Å². The van der Waals surface area contributed by atoms with E-state index in [0.29, 0.717) is 49.2 Å². The first-order valence-corrected chi connectivity index (χ1v) is 16.7. The number of aliphatic carboxylic acids is 1. The minimum atomic E-state index is -1.05. The minimum Gasteiger partial charge on any atom is -1.00 e. The van der Waals surface area contributed by atoms with Gasteiger partial charge in [0.15, 0.2) is 0 Å². The Morgan fingerprint density at radius 2 is 1.65 bits per heavy atom. The van der Waals surface area contributed by atoms with Crippen molar-refractivity contribution < 1.29 is 49.3 Å². The fourth-order valence-corrected chi connectivity index (χ4v) is 6.03. The number of piperidine rings is 1. The molecule has 1 heterocycles. The van der Waals surface area contributed by atoms with Gasteiger partial charge in [0.05, 0.1) is 12.2 Å². The summed E-state index contributed by atoms with van der Waals surface area (Å²) >= 11 is 1.54. The topological polar surface area (TPSA) is 105 Å². The van der Waals surface area contributed by atoms with E-state index in [1.54, 1.807) is 11.0 Å². The SMILES string of the molecule is CSCC[C@H](NC(=O)c1ccc(COC2(c3ccccc3)CCN(C(=O)OC(C)(C)C)CC2)cc1-c1ccccc1C)C(=O)O.[H-].[Li+]. The molecule has 0 unspecified atom stereocenters. The maximum atomic E-state index is 13.5. The minimum absolute atomic E-state index is 0. The molecule has 242 valence electrons. The van der Waals surface area contributed by atoms with E-state index in [9.17, 15) is 19.5 Å². The molecule has 10 heteroatoms. The number of aryl methyl sites for hydroxylation is 1. The zero-order chi connectivity index (χ0) is 32.6. The van der Waals surface area contributed by atoms with Crippen molar-refractivity contribution in [2.24, 2.45) is 0 Å². The number of ether oxygens (including phenoxy) is 2. The number of carbonyl (C=O) groups excluding carboxylic acids is 2. The van der Waals surface area contributed by atoms with Crippen molar-refractivity contribution in [2.45, 2.75) is 70.8 Å². The van der Waals surface area contributed by atoms with Gasteiger partial charge in [-0.15, -0.1) is 0 Å². The summed E-state index contributed by atoms with van der Waals surface area (Å²) in [6, 6.07) is 22.5. The van der Waals surface area contributed by atoms with Crippen LogP contribution in [0.5, 0.6) is 0 Å². The van der Waals surface area contributed by atoms with Crippen molar-refractivity contribution in [2.75, 3.05) is 25.1 Å². The molecular weight excluding hydrogens is 595 g/mol.